The van der Waals surface area contributed by atoms with E-state index in [0.717, 1.165) is 24.0 Å². The van der Waals surface area contributed by atoms with Crippen molar-refractivity contribution in [2.24, 2.45) is 0 Å². The molecule has 2 aliphatic heterocycles. The fourth-order valence-electron chi connectivity index (χ4n) is 5.27. The maximum atomic E-state index is 13.2. The number of ether oxygens (including phenoxy) is 7. The minimum atomic E-state index is -0.694. The van der Waals surface area contributed by atoms with E-state index in [0.29, 0.717) is 35.0 Å². The molecule has 0 amide bonds. The Morgan fingerprint density at radius 2 is 1.45 bits per heavy atom. The van der Waals surface area contributed by atoms with E-state index in [2.05, 4.69) is 0 Å². The smallest absolute Gasteiger partial charge is 0.203 e. The molecule has 2 heterocycles. The molecule has 0 aromatic heterocycles. The molecule has 0 bridgehead atoms. The number of ketones is 1. The fraction of sp³-hybridized carbons (Fsp3) is 0.406. The molecule has 4 atom stereocenters. The van der Waals surface area contributed by atoms with Gasteiger partial charge in [-0.2, -0.15) is 0 Å². The van der Waals surface area contributed by atoms with Gasteiger partial charge in [0.15, 0.2) is 29.4 Å². The highest BCUT2D eigenvalue weighted by Gasteiger charge is 2.55. The van der Waals surface area contributed by atoms with Crippen LogP contribution < -0.4 is 14.2 Å². The number of hydrogen-bond acceptors (Lipinski definition) is 8. The third kappa shape index (κ3) is 6.00. The maximum absolute atomic E-state index is 13.2. The molecule has 0 unspecified atom stereocenters. The Hall–Kier alpha value is -3.43. The summed E-state index contributed by atoms with van der Waals surface area (Å²) in [5.41, 5.74) is 3.19. The van der Waals surface area contributed by atoms with Crippen molar-refractivity contribution in [2.45, 2.75) is 63.7 Å². The molecule has 0 aliphatic carbocycles. The van der Waals surface area contributed by atoms with Gasteiger partial charge in [-0.25, -0.2) is 0 Å². The average Bonchev–Trinajstić information content (AvgIpc) is 3.46. The van der Waals surface area contributed by atoms with Gasteiger partial charge in [-0.05, 0) is 49.9 Å². The van der Waals surface area contributed by atoms with Crippen molar-refractivity contribution >= 4 is 5.78 Å². The van der Waals surface area contributed by atoms with Crippen LogP contribution >= 0.6 is 0 Å². The maximum Gasteiger partial charge on any atom is 0.203 e. The van der Waals surface area contributed by atoms with Crippen molar-refractivity contribution in [2.75, 3.05) is 21.3 Å². The molecular formula is C32H36O8. The second kappa shape index (κ2) is 12.0. The standard InChI is InChI=1S/C32H36O8/c1-32(2)39-29-24(38-31(30(29)40-32)37-19-21-9-7-6-8-10-21)16-13-20-11-14-22(15-12-20)27(33)23-17-25(34-3)28(36-5)26(18-23)35-4/h6-12,14-15,17-18,24,29-31H,13,16,19H2,1-5H3/t24-,29+,30+,31+/m1/s1. The van der Waals surface area contributed by atoms with Gasteiger partial charge in [-0.1, -0.05) is 54.6 Å². The molecule has 8 heteroatoms. The second-order valence-electron chi connectivity index (χ2n) is 10.4. The molecule has 0 N–H and O–H groups in total. The average molecular weight is 549 g/mol. The zero-order chi connectivity index (χ0) is 28.3. The van der Waals surface area contributed by atoms with Crippen molar-refractivity contribution in [1.29, 1.82) is 0 Å². The van der Waals surface area contributed by atoms with E-state index in [9.17, 15) is 4.79 Å². The summed E-state index contributed by atoms with van der Waals surface area (Å²) in [7, 11) is 4.58. The first kappa shape index (κ1) is 28.1. The largest absolute Gasteiger partial charge is 0.493 e. The monoisotopic (exact) mass is 548 g/mol. The molecule has 0 saturated carbocycles. The highest BCUT2D eigenvalue weighted by Crippen LogP contribution is 2.41. The van der Waals surface area contributed by atoms with Gasteiger partial charge in [0.1, 0.15) is 12.2 Å². The van der Waals surface area contributed by atoms with Crippen molar-refractivity contribution in [3.05, 3.63) is 89.0 Å². The molecule has 0 radical (unpaired) electrons. The van der Waals surface area contributed by atoms with E-state index in [1.165, 1.54) is 21.3 Å². The highest BCUT2D eigenvalue weighted by molar-refractivity contribution is 6.09. The summed E-state index contributed by atoms with van der Waals surface area (Å²) in [5.74, 6) is 0.486. The van der Waals surface area contributed by atoms with Crippen LogP contribution in [0.25, 0.3) is 0 Å². The lowest BCUT2D eigenvalue weighted by Gasteiger charge is -2.24. The number of methoxy groups -OCH3 is 3. The van der Waals surface area contributed by atoms with E-state index in [4.69, 9.17) is 33.2 Å². The van der Waals surface area contributed by atoms with E-state index < -0.39 is 12.1 Å². The Morgan fingerprint density at radius 1 is 0.800 bits per heavy atom. The van der Waals surface area contributed by atoms with Crippen LogP contribution in [-0.2, 0) is 32.0 Å². The van der Waals surface area contributed by atoms with Crippen LogP contribution in [0.4, 0.5) is 0 Å². The SMILES string of the molecule is COc1cc(C(=O)c2ccc(CC[C@H]3O[C@H](OCc4ccccc4)[C@H]4OC(C)(C)O[C@H]43)cc2)cc(OC)c1OC. The second-order valence-corrected chi connectivity index (χ2v) is 10.4. The molecular weight excluding hydrogens is 512 g/mol. The zero-order valence-electron chi connectivity index (χ0n) is 23.5. The van der Waals surface area contributed by atoms with Gasteiger partial charge >= 0.3 is 0 Å². The van der Waals surface area contributed by atoms with Crippen LogP contribution in [0.5, 0.6) is 17.2 Å². The lowest BCUT2D eigenvalue weighted by Crippen LogP contribution is -2.31. The molecule has 3 aromatic carbocycles. The number of rotatable bonds is 11. The third-order valence-corrected chi connectivity index (χ3v) is 7.22. The highest BCUT2D eigenvalue weighted by atomic mass is 16.8. The predicted molar refractivity (Wildman–Crippen MR) is 148 cm³/mol. The number of fused-ring (bicyclic) bond motifs is 1. The van der Waals surface area contributed by atoms with Crippen LogP contribution in [0.1, 0.15) is 47.3 Å². The summed E-state index contributed by atoms with van der Waals surface area (Å²) in [4.78, 5) is 13.2. The fourth-order valence-corrected chi connectivity index (χ4v) is 5.27. The van der Waals surface area contributed by atoms with Gasteiger partial charge in [0.05, 0.1) is 34.0 Å². The van der Waals surface area contributed by atoms with E-state index in [1.807, 2.05) is 68.4 Å². The number of carbonyl (C=O) groups is 1. The van der Waals surface area contributed by atoms with Gasteiger partial charge in [-0.3, -0.25) is 4.79 Å². The summed E-state index contributed by atoms with van der Waals surface area (Å²) in [6, 6.07) is 20.9. The Labute approximate surface area is 235 Å². The summed E-state index contributed by atoms with van der Waals surface area (Å²) in [5, 5.41) is 0. The van der Waals surface area contributed by atoms with Crippen LogP contribution in [0.15, 0.2) is 66.7 Å². The Morgan fingerprint density at radius 3 is 2.08 bits per heavy atom. The Kier molecular flexibility index (Phi) is 8.42. The first-order valence-corrected chi connectivity index (χ1v) is 13.4. The minimum absolute atomic E-state index is 0.134. The summed E-state index contributed by atoms with van der Waals surface area (Å²) < 4.78 is 40.9. The van der Waals surface area contributed by atoms with Crippen molar-refractivity contribution in [3.63, 3.8) is 0 Å². The van der Waals surface area contributed by atoms with Crippen molar-refractivity contribution in [1.82, 2.24) is 0 Å². The number of hydrogen-bond donors (Lipinski definition) is 0. The van der Waals surface area contributed by atoms with Crippen molar-refractivity contribution < 1.29 is 38.0 Å². The molecule has 3 aromatic rings. The van der Waals surface area contributed by atoms with Crippen LogP contribution in [-0.4, -0.2) is 57.5 Å². The Bertz CT molecular complexity index is 1280. The van der Waals surface area contributed by atoms with Gasteiger partial charge < -0.3 is 33.2 Å². The van der Waals surface area contributed by atoms with Gasteiger partial charge in [0.25, 0.3) is 0 Å². The van der Waals surface area contributed by atoms with Gasteiger partial charge in [0, 0.05) is 11.1 Å². The number of benzene rings is 3. The summed E-state index contributed by atoms with van der Waals surface area (Å²) >= 11 is 0. The zero-order valence-corrected chi connectivity index (χ0v) is 23.5. The number of aryl methyl sites for hydroxylation is 1. The first-order chi connectivity index (χ1) is 19.3. The molecule has 40 heavy (non-hydrogen) atoms. The van der Waals surface area contributed by atoms with Crippen LogP contribution in [0.2, 0.25) is 0 Å². The molecule has 2 fully saturated rings. The van der Waals surface area contributed by atoms with E-state index >= 15 is 0 Å². The molecule has 5 rings (SSSR count). The van der Waals surface area contributed by atoms with E-state index in [-0.39, 0.29) is 24.1 Å². The van der Waals surface area contributed by atoms with Gasteiger partial charge in [0.2, 0.25) is 5.75 Å². The lowest BCUT2D eigenvalue weighted by molar-refractivity contribution is -0.236. The topological polar surface area (TPSA) is 81.7 Å². The lowest BCUT2D eigenvalue weighted by atomic mass is 9.98. The molecule has 0 spiro atoms. The minimum Gasteiger partial charge on any atom is -0.493 e. The molecule has 8 nitrogen and oxygen atoms in total. The summed E-state index contributed by atoms with van der Waals surface area (Å²) in [6.07, 6.45) is 0.302. The molecule has 212 valence electrons. The first-order valence-electron chi connectivity index (χ1n) is 13.4. The Balaban J connectivity index is 1.23. The van der Waals surface area contributed by atoms with E-state index in [1.54, 1.807) is 12.1 Å². The summed E-state index contributed by atoms with van der Waals surface area (Å²) in [6.45, 7) is 4.27. The quantitative estimate of drug-likeness (QED) is 0.297. The normalized spacial score (nSPS) is 23.0. The predicted octanol–water partition coefficient (Wildman–Crippen LogP) is 5.34. The molecule has 2 aliphatic rings. The number of carbonyl (C=O) groups excluding carboxylic acids is 1. The van der Waals surface area contributed by atoms with Crippen LogP contribution in [0.3, 0.4) is 0 Å². The third-order valence-electron chi connectivity index (χ3n) is 7.22. The van der Waals surface area contributed by atoms with Crippen LogP contribution in [0, 0.1) is 0 Å². The van der Waals surface area contributed by atoms with Gasteiger partial charge in [-0.15, -0.1) is 0 Å². The molecule has 2 saturated heterocycles. The van der Waals surface area contributed by atoms with Crippen molar-refractivity contribution in [3.8, 4) is 17.2 Å².